The van der Waals surface area contributed by atoms with Crippen LogP contribution in [0.1, 0.15) is 5.56 Å². The first-order valence-corrected chi connectivity index (χ1v) is 10.6. The Balaban J connectivity index is 1.74. The normalized spacial score (nSPS) is 12.4. The Bertz CT molecular complexity index is 1690. The first-order chi connectivity index (χ1) is 15.3. The molecule has 1 nitrogen and oxygen atoms in total. The van der Waals surface area contributed by atoms with Gasteiger partial charge in [0.05, 0.1) is 11.6 Å². The first-order valence-electron chi connectivity index (χ1n) is 10.6. The lowest BCUT2D eigenvalue weighted by Crippen LogP contribution is -2.54. The molecule has 0 radical (unpaired) electrons. The highest BCUT2D eigenvalue weighted by molar-refractivity contribution is 6.98. The standard InChI is InChI=1S/C29H16BN/c31-17-20-11-10-19-16-24-23-8-4-5-9-25(23)30(21-6-2-1-3-7-21)26-15-13-18-12-14-22(20)27(19)28(18)29(24)26/h1-16H. The summed E-state index contributed by atoms with van der Waals surface area (Å²) in [6, 6.07) is 37.2. The van der Waals surface area contributed by atoms with Gasteiger partial charge in [-0.3, -0.25) is 0 Å². The van der Waals surface area contributed by atoms with Crippen LogP contribution in [0, 0.1) is 11.3 Å². The van der Waals surface area contributed by atoms with Crippen molar-refractivity contribution in [1.82, 2.24) is 0 Å². The molecular weight excluding hydrogens is 373 g/mol. The molecule has 6 aromatic carbocycles. The molecule has 1 aliphatic rings. The van der Waals surface area contributed by atoms with Gasteiger partial charge in [0.15, 0.2) is 0 Å². The van der Waals surface area contributed by atoms with E-state index in [1.807, 2.05) is 6.07 Å². The van der Waals surface area contributed by atoms with Crippen molar-refractivity contribution in [2.75, 3.05) is 0 Å². The molecule has 0 spiro atoms. The fraction of sp³-hybridized carbons (Fsp3) is 0. The van der Waals surface area contributed by atoms with Crippen molar-refractivity contribution in [2.45, 2.75) is 0 Å². The maximum absolute atomic E-state index is 9.71. The Labute approximate surface area is 180 Å². The summed E-state index contributed by atoms with van der Waals surface area (Å²) in [5.41, 5.74) is 7.37. The quantitative estimate of drug-likeness (QED) is 0.288. The summed E-state index contributed by atoms with van der Waals surface area (Å²) < 4.78 is 0. The van der Waals surface area contributed by atoms with Gasteiger partial charge in [0.2, 0.25) is 6.71 Å². The largest absolute Gasteiger partial charge is 0.242 e. The number of fused-ring (bicyclic) bond motifs is 2. The van der Waals surface area contributed by atoms with E-state index in [0.717, 1.165) is 10.9 Å². The van der Waals surface area contributed by atoms with Crippen molar-refractivity contribution in [2.24, 2.45) is 0 Å². The Morgan fingerprint density at radius 1 is 0.581 bits per heavy atom. The van der Waals surface area contributed by atoms with E-state index in [0.29, 0.717) is 0 Å². The van der Waals surface area contributed by atoms with Crippen LogP contribution in [0.15, 0.2) is 97.1 Å². The molecule has 0 aromatic heterocycles. The number of hydrogen-bond acceptors (Lipinski definition) is 1. The summed E-state index contributed by atoms with van der Waals surface area (Å²) in [5.74, 6) is 0. The SMILES string of the molecule is N#Cc1ccc2cc3c4c(ccc5ccc1c2c54)B(c1ccccc1)c1ccccc1-3. The predicted molar refractivity (Wildman–Crippen MR) is 131 cm³/mol. The van der Waals surface area contributed by atoms with E-state index in [2.05, 4.69) is 97.1 Å². The molecule has 0 fully saturated rings. The second kappa shape index (κ2) is 5.97. The molecule has 1 heterocycles. The number of hydrogen-bond donors (Lipinski definition) is 0. The van der Waals surface area contributed by atoms with E-state index in [1.54, 1.807) is 0 Å². The molecule has 0 bridgehead atoms. The average Bonchev–Trinajstić information content (AvgIpc) is 2.84. The smallest absolute Gasteiger partial charge is 0.192 e. The van der Waals surface area contributed by atoms with Gasteiger partial charge in [-0.25, -0.2) is 0 Å². The first kappa shape index (κ1) is 16.7. The summed E-state index contributed by atoms with van der Waals surface area (Å²) >= 11 is 0. The van der Waals surface area contributed by atoms with Gasteiger partial charge >= 0.3 is 0 Å². The molecule has 0 saturated carbocycles. The third-order valence-electron chi connectivity index (χ3n) is 6.92. The van der Waals surface area contributed by atoms with Gasteiger partial charge in [0.25, 0.3) is 0 Å². The lowest BCUT2D eigenvalue weighted by atomic mass is 9.33. The van der Waals surface area contributed by atoms with E-state index >= 15 is 0 Å². The van der Waals surface area contributed by atoms with E-state index < -0.39 is 0 Å². The average molecular weight is 389 g/mol. The molecule has 31 heavy (non-hydrogen) atoms. The molecule has 0 amide bonds. The van der Waals surface area contributed by atoms with Crippen molar-refractivity contribution in [3.05, 3.63) is 103 Å². The van der Waals surface area contributed by atoms with Crippen LogP contribution in [0.5, 0.6) is 0 Å². The summed E-state index contributed by atoms with van der Waals surface area (Å²) in [4.78, 5) is 0. The third kappa shape index (κ3) is 2.10. The van der Waals surface area contributed by atoms with Gasteiger partial charge in [0.1, 0.15) is 0 Å². The monoisotopic (exact) mass is 389 g/mol. The predicted octanol–water partition coefficient (Wildman–Crippen LogP) is 4.95. The summed E-state index contributed by atoms with van der Waals surface area (Å²) in [6.07, 6.45) is 0. The van der Waals surface area contributed by atoms with E-state index in [4.69, 9.17) is 0 Å². The lowest BCUT2D eigenvalue weighted by Gasteiger charge is -2.29. The van der Waals surface area contributed by atoms with E-state index in [1.165, 1.54) is 54.4 Å². The fourth-order valence-electron chi connectivity index (χ4n) is 5.66. The lowest BCUT2D eigenvalue weighted by molar-refractivity contribution is 1.51. The molecule has 0 atom stereocenters. The molecule has 0 aliphatic carbocycles. The molecule has 2 heteroatoms. The van der Waals surface area contributed by atoms with Crippen molar-refractivity contribution >= 4 is 55.4 Å². The molecule has 0 saturated heterocycles. The van der Waals surface area contributed by atoms with Gasteiger partial charge in [-0.05, 0) is 50.2 Å². The number of benzene rings is 6. The van der Waals surface area contributed by atoms with Gasteiger partial charge in [-0.1, -0.05) is 101 Å². The van der Waals surface area contributed by atoms with Crippen LogP contribution in [0.4, 0.5) is 0 Å². The van der Waals surface area contributed by atoms with Crippen LogP contribution < -0.4 is 16.4 Å². The molecule has 0 unspecified atom stereocenters. The molecule has 140 valence electrons. The van der Waals surface area contributed by atoms with Crippen LogP contribution in [0.3, 0.4) is 0 Å². The van der Waals surface area contributed by atoms with Gasteiger partial charge in [-0.15, -0.1) is 0 Å². The highest BCUT2D eigenvalue weighted by Crippen LogP contribution is 2.41. The Hall–Kier alpha value is -4.09. The minimum absolute atomic E-state index is 0.199. The van der Waals surface area contributed by atoms with E-state index in [9.17, 15) is 5.26 Å². The van der Waals surface area contributed by atoms with Gasteiger partial charge in [0, 0.05) is 5.39 Å². The van der Waals surface area contributed by atoms with Gasteiger partial charge < -0.3 is 0 Å². The fourth-order valence-corrected chi connectivity index (χ4v) is 5.66. The Morgan fingerprint density at radius 2 is 1.35 bits per heavy atom. The van der Waals surface area contributed by atoms with Crippen molar-refractivity contribution in [3.63, 3.8) is 0 Å². The highest BCUT2D eigenvalue weighted by atomic mass is 14.3. The zero-order valence-electron chi connectivity index (χ0n) is 16.8. The van der Waals surface area contributed by atoms with Crippen molar-refractivity contribution < 1.29 is 0 Å². The van der Waals surface area contributed by atoms with Crippen molar-refractivity contribution in [1.29, 1.82) is 5.26 Å². The Morgan fingerprint density at radius 3 is 2.23 bits per heavy atom. The van der Waals surface area contributed by atoms with Crippen LogP contribution >= 0.6 is 0 Å². The summed E-state index contributed by atoms with van der Waals surface area (Å²) in [7, 11) is 0. The zero-order chi connectivity index (χ0) is 20.5. The number of nitrogens with zero attached hydrogens (tertiary/aromatic N) is 1. The molecule has 0 N–H and O–H groups in total. The van der Waals surface area contributed by atoms with Crippen molar-refractivity contribution in [3.8, 4) is 17.2 Å². The maximum Gasteiger partial charge on any atom is 0.242 e. The second-order valence-corrected chi connectivity index (χ2v) is 8.42. The van der Waals surface area contributed by atoms with Gasteiger partial charge in [-0.2, -0.15) is 5.26 Å². The second-order valence-electron chi connectivity index (χ2n) is 8.42. The summed E-state index contributed by atoms with van der Waals surface area (Å²) in [5, 5.41) is 17.0. The molecule has 6 aromatic rings. The number of nitriles is 1. The van der Waals surface area contributed by atoms with E-state index in [-0.39, 0.29) is 6.71 Å². The maximum atomic E-state index is 9.71. The summed E-state index contributed by atoms with van der Waals surface area (Å²) in [6.45, 7) is 0.199. The minimum atomic E-state index is 0.199. The van der Waals surface area contributed by atoms with Crippen LogP contribution in [0.25, 0.3) is 43.4 Å². The third-order valence-corrected chi connectivity index (χ3v) is 6.92. The highest BCUT2D eigenvalue weighted by Gasteiger charge is 2.32. The minimum Gasteiger partial charge on any atom is -0.192 e. The molecule has 7 rings (SSSR count). The number of rotatable bonds is 1. The molecule has 1 aliphatic heterocycles. The van der Waals surface area contributed by atoms with Crippen LogP contribution in [-0.2, 0) is 0 Å². The molecular formula is C29H16BN. The van der Waals surface area contributed by atoms with Crippen LogP contribution in [-0.4, -0.2) is 6.71 Å². The van der Waals surface area contributed by atoms with Crippen LogP contribution in [0.2, 0.25) is 0 Å². The zero-order valence-corrected chi connectivity index (χ0v) is 16.8. The topological polar surface area (TPSA) is 23.8 Å². The Kier molecular flexibility index (Phi) is 3.21.